The molecule has 1 heterocycles. The van der Waals surface area contributed by atoms with Gasteiger partial charge < -0.3 is 5.73 Å². The van der Waals surface area contributed by atoms with Crippen LogP contribution in [0.4, 0.5) is 0 Å². The molecule has 0 spiro atoms. The summed E-state index contributed by atoms with van der Waals surface area (Å²) in [6, 6.07) is 14.5. The van der Waals surface area contributed by atoms with E-state index in [0.29, 0.717) is 6.54 Å². The number of hydrogen-bond acceptors (Lipinski definition) is 3. The first-order valence-corrected chi connectivity index (χ1v) is 6.65. The first-order valence-electron chi connectivity index (χ1n) is 6.65. The van der Waals surface area contributed by atoms with Crippen LogP contribution in [0.3, 0.4) is 0 Å². The number of nitrogens with zero attached hydrogens (tertiary/aromatic N) is 2. The van der Waals surface area contributed by atoms with Gasteiger partial charge in [0, 0.05) is 19.3 Å². The molecule has 2 rings (SSSR count). The number of hydrogen-bond donors (Lipinski definition) is 1. The highest BCUT2D eigenvalue weighted by Gasteiger charge is 2.06. The lowest BCUT2D eigenvalue weighted by atomic mass is 10.0. The van der Waals surface area contributed by atoms with Crippen LogP contribution in [0.25, 0.3) is 0 Å². The van der Waals surface area contributed by atoms with Gasteiger partial charge in [-0.2, -0.15) is 0 Å². The number of benzene rings is 1. The van der Waals surface area contributed by atoms with E-state index >= 15 is 0 Å². The average Bonchev–Trinajstić information content (AvgIpc) is 2.42. The monoisotopic (exact) mass is 255 g/mol. The lowest BCUT2D eigenvalue weighted by Crippen LogP contribution is -2.19. The van der Waals surface area contributed by atoms with Gasteiger partial charge in [0.05, 0.1) is 5.69 Å². The van der Waals surface area contributed by atoms with E-state index in [2.05, 4.69) is 47.3 Å². The highest BCUT2D eigenvalue weighted by atomic mass is 15.1. The van der Waals surface area contributed by atoms with E-state index < -0.39 is 0 Å². The molecule has 0 atom stereocenters. The molecule has 0 radical (unpaired) electrons. The van der Waals surface area contributed by atoms with E-state index in [1.54, 1.807) is 0 Å². The second-order valence-corrected chi connectivity index (χ2v) is 4.80. The van der Waals surface area contributed by atoms with Crippen molar-refractivity contribution < 1.29 is 0 Å². The molecule has 0 saturated heterocycles. The lowest BCUT2D eigenvalue weighted by Gasteiger charge is -2.18. The van der Waals surface area contributed by atoms with E-state index in [0.717, 1.165) is 25.2 Å². The van der Waals surface area contributed by atoms with Crippen LogP contribution < -0.4 is 5.73 Å². The van der Waals surface area contributed by atoms with Crippen molar-refractivity contribution in [2.75, 3.05) is 13.6 Å². The molecule has 0 fully saturated rings. The Morgan fingerprint density at radius 2 is 1.74 bits per heavy atom. The summed E-state index contributed by atoms with van der Waals surface area (Å²) >= 11 is 0. The van der Waals surface area contributed by atoms with E-state index in [1.807, 2.05) is 18.3 Å². The van der Waals surface area contributed by atoms with Crippen molar-refractivity contribution in [1.82, 2.24) is 9.88 Å². The summed E-state index contributed by atoms with van der Waals surface area (Å²) < 4.78 is 0. The molecule has 2 aromatic rings. The molecule has 19 heavy (non-hydrogen) atoms. The van der Waals surface area contributed by atoms with Crippen LogP contribution in [-0.2, 0) is 19.5 Å². The molecule has 0 saturated carbocycles. The number of rotatable bonds is 6. The summed E-state index contributed by atoms with van der Waals surface area (Å²) in [4.78, 5) is 6.63. The van der Waals surface area contributed by atoms with Crippen LogP contribution in [0.5, 0.6) is 0 Å². The lowest BCUT2D eigenvalue weighted by molar-refractivity contribution is 0.314. The summed E-state index contributed by atoms with van der Waals surface area (Å²) in [5.74, 6) is 0. The van der Waals surface area contributed by atoms with E-state index in [1.165, 1.54) is 11.1 Å². The van der Waals surface area contributed by atoms with Crippen LogP contribution in [-0.4, -0.2) is 23.5 Å². The predicted molar refractivity (Wildman–Crippen MR) is 78.6 cm³/mol. The minimum absolute atomic E-state index is 0.695. The van der Waals surface area contributed by atoms with Gasteiger partial charge in [-0.25, -0.2) is 0 Å². The largest absolute Gasteiger partial charge is 0.330 e. The Hall–Kier alpha value is -1.71. The van der Waals surface area contributed by atoms with E-state index in [9.17, 15) is 0 Å². The molecular weight excluding hydrogens is 234 g/mol. The number of nitrogens with two attached hydrogens (primary N) is 1. The fraction of sp³-hybridized carbons (Fsp3) is 0.312. The highest BCUT2D eigenvalue weighted by Crippen LogP contribution is 2.12. The van der Waals surface area contributed by atoms with E-state index in [-0.39, 0.29) is 0 Å². The zero-order valence-corrected chi connectivity index (χ0v) is 11.4. The summed E-state index contributed by atoms with van der Waals surface area (Å²) in [6.07, 6.45) is 2.78. The van der Waals surface area contributed by atoms with Crippen molar-refractivity contribution in [3.8, 4) is 0 Å². The van der Waals surface area contributed by atoms with Crippen molar-refractivity contribution in [1.29, 1.82) is 0 Å². The maximum absolute atomic E-state index is 5.66. The zero-order valence-electron chi connectivity index (χ0n) is 11.4. The third-order valence-electron chi connectivity index (χ3n) is 3.13. The minimum atomic E-state index is 0.695. The molecule has 2 N–H and O–H groups in total. The quantitative estimate of drug-likeness (QED) is 0.860. The summed E-state index contributed by atoms with van der Waals surface area (Å²) in [5.41, 5.74) is 9.46. The molecule has 0 bridgehead atoms. The Bertz CT molecular complexity index is 496. The molecule has 3 nitrogen and oxygen atoms in total. The van der Waals surface area contributed by atoms with Crippen molar-refractivity contribution in [2.24, 2.45) is 5.73 Å². The summed E-state index contributed by atoms with van der Waals surface area (Å²) in [5, 5.41) is 0. The molecule has 1 aromatic carbocycles. The average molecular weight is 255 g/mol. The first kappa shape index (κ1) is 13.7. The Morgan fingerprint density at radius 1 is 1.00 bits per heavy atom. The van der Waals surface area contributed by atoms with Gasteiger partial charge in [0.1, 0.15) is 0 Å². The van der Waals surface area contributed by atoms with Gasteiger partial charge in [0.15, 0.2) is 0 Å². The standard InChI is InChI=1S/C16H21N3/c1-19(13-16-8-4-5-11-18-16)12-15-7-3-2-6-14(15)9-10-17/h2-8,11H,9-10,12-13,17H2,1H3. The van der Waals surface area contributed by atoms with Gasteiger partial charge in [-0.05, 0) is 43.3 Å². The van der Waals surface area contributed by atoms with Gasteiger partial charge in [-0.1, -0.05) is 30.3 Å². The molecular formula is C16H21N3. The van der Waals surface area contributed by atoms with Crippen LogP contribution in [0.15, 0.2) is 48.7 Å². The third kappa shape index (κ3) is 4.16. The molecule has 0 aliphatic carbocycles. The van der Waals surface area contributed by atoms with Gasteiger partial charge in [0.2, 0.25) is 0 Å². The fourth-order valence-electron chi connectivity index (χ4n) is 2.23. The van der Waals surface area contributed by atoms with Crippen LogP contribution >= 0.6 is 0 Å². The van der Waals surface area contributed by atoms with E-state index in [4.69, 9.17) is 5.73 Å². The maximum atomic E-state index is 5.66. The van der Waals surface area contributed by atoms with Crippen molar-refractivity contribution in [3.05, 3.63) is 65.5 Å². The molecule has 3 heteroatoms. The minimum Gasteiger partial charge on any atom is -0.330 e. The second kappa shape index (κ2) is 7.02. The predicted octanol–water partition coefficient (Wildman–Crippen LogP) is 2.21. The van der Waals surface area contributed by atoms with Crippen LogP contribution in [0.2, 0.25) is 0 Å². The Balaban J connectivity index is 2.00. The van der Waals surface area contributed by atoms with Crippen LogP contribution in [0, 0.1) is 0 Å². The molecule has 0 aliphatic rings. The normalized spacial score (nSPS) is 10.9. The van der Waals surface area contributed by atoms with Crippen LogP contribution in [0.1, 0.15) is 16.8 Å². The smallest absolute Gasteiger partial charge is 0.0543 e. The van der Waals surface area contributed by atoms with Gasteiger partial charge in [-0.15, -0.1) is 0 Å². The summed E-state index contributed by atoms with van der Waals surface area (Å²) in [6.45, 7) is 2.48. The second-order valence-electron chi connectivity index (χ2n) is 4.80. The zero-order chi connectivity index (χ0) is 13.5. The van der Waals surface area contributed by atoms with Crippen molar-refractivity contribution in [3.63, 3.8) is 0 Å². The SMILES string of the molecule is CN(Cc1ccccn1)Cc1ccccc1CCN. The van der Waals surface area contributed by atoms with Crippen molar-refractivity contribution >= 4 is 0 Å². The van der Waals surface area contributed by atoms with Gasteiger partial charge in [-0.3, -0.25) is 9.88 Å². The Morgan fingerprint density at radius 3 is 2.42 bits per heavy atom. The maximum Gasteiger partial charge on any atom is 0.0543 e. The third-order valence-corrected chi connectivity index (χ3v) is 3.13. The molecule has 0 amide bonds. The first-order chi connectivity index (χ1) is 9.29. The number of pyridine rings is 1. The molecule has 0 aliphatic heterocycles. The molecule has 100 valence electrons. The van der Waals surface area contributed by atoms with Gasteiger partial charge >= 0.3 is 0 Å². The fourth-order valence-corrected chi connectivity index (χ4v) is 2.23. The van der Waals surface area contributed by atoms with Gasteiger partial charge in [0.25, 0.3) is 0 Å². The Labute approximate surface area is 115 Å². The molecule has 1 aromatic heterocycles. The van der Waals surface area contributed by atoms with Crippen molar-refractivity contribution in [2.45, 2.75) is 19.5 Å². The molecule has 0 unspecified atom stereocenters. The Kier molecular flexibility index (Phi) is 5.07. The topological polar surface area (TPSA) is 42.2 Å². The number of aromatic nitrogens is 1. The summed E-state index contributed by atoms with van der Waals surface area (Å²) in [7, 11) is 2.12. The highest BCUT2D eigenvalue weighted by molar-refractivity contribution is 5.27.